The number of anilines is 1. The fraction of sp³-hybridized carbons (Fsp3) is 0.167. The molecule has 0 radical (unpaired) electrons. The number of halogens is 2. The minimum absolute atomic E-state index is 0.122. The van der Waals surface area contributed by atoms with Crippen molar-refractivity contribution in [3.8, 4) is 11.5 Å². The first-order valence-electron chi connectivity index (χ1n) is 7.36. The van der Waals surface area contributed by atoms with Crippen LogP contribution in [0.3, 0.4) is 0 Å². The van der Waals surface area contributed by atoms with E-state index in [0.29, 0.717) is 23.7 Å². The number of carbonyl (C=O) groups excluding carboxylic acids is 1. The summed E-state index contributed by atoms with van der Waals surface area (Å²) >= 11 is 6.98. The van der Waals surface area contributed by atoms with Gasteiger partial charge in [-0.25, -0.2) is 0 Å². The fourth-order valence-corrected chi connectivity index (χ4v) is 3.35. The van der Waals surface area contributed by atoms with E-state index in [1.54, 1.807) is 7.11 Å². The largest absolute Gasteiger partial charge is 0.493 e. The number of nitrogens with one attached hydrogen (secondary N) is 1. The monoisotopic (exact) mass is 451 g/mol. The highest BCUT2D eigenvalue weighted by Gasteiger charge is 2.24. The molecule has 124 valence electrons. The van der Waals surface area contributed by atoms with Crippen LogP contribution in [0, 0.1) is 0 Å². The Balaban J connectivity index is 2.10. The van der Waals surface area contributed by atoms with Gasteiger partial charge in [-0.15, -0.1) is 0 Å². The van der Waals surface area contributed by atoms with E-state index in [4.69, 9.17) is 9.47 Å². The minimum atomic E-state index is -0.122. The first-order valence-corrected chi connectivity index (χ1v) is 8.95. The predicted octanol–water partition coefficient (Wildman–Crippen LogP) is 5.11. The lowest BCUT2D eigenvalue weighted by atomic mass is 10.0. The predicted molar refractivity (Wildman–Crippen MR) is 103 cm³/mol. The molecule has 0 fully saturated rings. The average molecular weight is 453 g/mol. The van der Waals surface area contributed by atoms with Crippen LogP contribution in [-0.4, -0.2) is 19.6 Å². The molecule has 3 rings (SSSR count). The summed E-state index contributed by atoms with van der Waals surface area (Å²) in [4.78, 5) is 12.3. The van der Waals surface area contributed by atoms with Gasteiger partial charge in [0.05, 0.1) is 13.7 Å². The fourth-order valence-electron chi connectivity index (χ4n) is 2.55. The molecular weight excluding hydrogens is 438 g/mol. The standard InChI is InChI=1S/C18H15Br2NO3/c1-3-24-17-7-10(14(20)9-16(17)23-2)6-13-12-8-11(19)4-5-15(12)21-18(13)22/h4-9H,3H2,1-2H3,(H,21,22)/b13-6-. The molecule has 1 N–H and O–H groups in total. The third-order valence-corrected chi connectivity index (χ3v) is 4.83. The van der Waals surface area contributed by atoms with Gasteiger partial charge in [-0.1, -0.05) is 31.9 Å². The maximum atomic E-state index is 12.3. The third-order valence-electron chi connectivity index (χ3n) is 3.65. The SMILES string of the molecule is CCOc1cc(/C=C2\C(=O)Nc3ccc(Br)cc32)c(Br)cc1OC. The number of rotatable bonds is 4. The molecule has 0 bridgehead atoms. The lowest BCUT2D eigenvalue weighted by molar-refractivity contribution is -0.110. The maximum Gasteiger partial charge on any atom is 0.256 e. The van der Waals surface area contributed by atoms with Gasteiger partial charge in [0, 0.05) is 25.8 Å². The zero-order valence-corrected chi connectivity index (χ0v) is 16.3. The van der Waals surface area contributed by atoms with Gasteiger partial charge in [-0.2, -0.15) is 0 Å². The maximum absolute atomic E-state index is 12.3. The Morgan fingerprint density at radius 2 is 1.96 bits per heavy atom. The van der Waals surface area contributed by atoms with Gasteiger partial charge in [0.2, 0.25) is 0 Å². The third kappa shape index (κ3) is 3.21. The van der Waals surface area contributed by atoms with Crippen molar-refractivity contribution in [3.63, 3.8) is 0 Å². The van der Waals surface area contributed by atoms with Gasteiger partial charge in [0.1, 0.15) is 0 Å². The summed E-state index contributed by atoms with van der Waals surface area (Å²) < 4.78 is 12.7. The van der Waals surface area contributed by atoms with E-state index in [-0.39, 0.29) is 5.91 Å². The molecule has 2 aromatic carbocycles. The Kier molecular flexibility index (Phi) is 4.96. The molecule has 1 amide bonds. The highest BCUT2D eigenvalue weighted by atomic mass is 79.9. The number of ether oxygens (including phenoxy) is 2. The van der Waals surface area contributed by atoms with Crippen LogP contribution in [0.5, 0.6) is 11.5 Å². The summed E-state index contributed by atoms with van der Waals surface area (Å²) in [7, 11) is 1.60. The molecule has 1 aliphatic rings. The van der Waals surface area contributed by atoms with E-state index in [1.165, 1.54) is 0 Å². The highest BCUT2D eigenvalue weighted by molar-refractivity contribution is 9.10. The van der Waals surface area contributed by atoms with Gasteiger partial charge >= 0.3 is 0 Å². The highest BCUT2D eigenvalue weighted by Crippen LogP contribution is 2.39. The van der Waals surface area contributed by atoms with Crippen molar-refractivity contribution in [2.75, 3.05) is 19.0 Å². The van der Waals surface area contributed by atoms with E-state index in [2.05, 4.69) is 37.2 Å². The van der Waals surface area contributed by atoms with Crippen LogP contribution in [0.2, 0.25) is 0 Å². The Hall–Kier alpha value is -1.79. The van der Waals surface area contributed by atoms with Crippen molar-refractivity contribution in [2.24, 2.45) is 0 Å². The van der Waals surface area contributed by atoms with E-state index < -0.39 is 0 Å². The second kappa shape index (κ2) is 6.99. The smallest absolute Gasteiger partial charge is 0.256 e. The number of fused-ring (bicyclic) bond motifs is 1. The molecule has 0 saturated carbocycles. The van der Waals surface area contributed by atoms with E-state index >= 15 is 0 Å². The number of methoxy groups -OCH3 is 1. The molecule has 1 heterocycles. The summed E-state index contributed by atoms with van der Waals surface area (Å²) in [6.45, 7) is 2.45. The second-order valence-electron chi connectivity index (χ2n) is 5.16. The summed E-state index contributed by atoms with van der Waals surface area (Å²) in [5.41, 5.74) is 3.14. The molecule has 0 unspecified atom stereocenters. The summed E-state index contributed by atoms with van der Waals surface area (Å²) in [6.07, 6.45) is 1.85. The van der Waals surface area contributed by atoms with Crippen LogP contribution in [0.15, 0.2) is 39.3 Å². The summed E-state index contributed by atoms with van der Waals surface area (Å²) in [5, 5.41) is 2.88. The van der Waals surface area contributed by atoms with Crippen LogP contribution < -0.4 is 14.8 Å². The zero-order chi connectivity index (χ0) is 17.3. The average Bonchev–Trinajstić information content (AvgIpc) is 2.86. The zero-order valence-electron chi connectivity index (χ0n) is 13.2. The van der Waals surface area contributed by atoms with Crippen molar-refractivity contribution in [2.45, 2.75) is 6.92 Å². The minimum Gasteiger partial charge on any atom is -0.493 e. The lowest BCUT2D eigenvalue weighted by Gasteiger charge is -2.12. The van der Waals surface area contributed by atoms with Crippen LogP contribution in [0.1, 0.15) is 18.1 Å². The summed E-state index contributed by atoms with van der Waals surface area (Å²) in [5.74, 6) is 1.16. The number of hydrogen-bond acceptors (Lipinski definition) is 3. The Morgan fingerprint density at radius 3 is 2.67 bits per heavy atom. The van der Waals surface area contributed by atoms with Crippen molar-refractivity contribution < 1.29 is 14.3 Å². The molecular formula is C18H15Br2NO3. The Labute approximate surface area is 157 Å². The number of hydrogen-bond donors (Lipinski definition) is 1. The lowest BCUT2D eigenvalue weighted by Crippen LogP contribution is -2.03. The van der Waals surface area contributed by atoms with Gasteiger partial charge in [0.15, 0.2) is 11.5 Å². The van der Waals surface area contributed by atoms with Crippen molar-refractivity contribution in [3.05, 3.63) is 50.4 Å². The van der Waals surface area contributed by atoms with E-state index in [1.807, 2.05) is 43.3 Å². The molecule has 0 aromatic heterocycles. The van der Waals surface area contributed by atoms with Crippen LogP contribution in [-0.2, 0) is 4.79 Å². The molecule has 4 nitrogen and oxygen atoms in total. The Bertz CT molecular complexity index is 846. The van der Waals surface area contributed by atoms with Crippen LogP contribution in [0.25, 0.3) is 11.6 Å². The molecule has 24 heavy (non-hydrogen) atoms. The first kappa shape index (κ1) is 17.0. The van der Waals surface area contributed by atoms with Gasteiger partial charge in [-0.3, -0.25) is 4.79 Å². The molecule has 0 spiro atoms. The second-order valence-corrected chi connectivity index (χ2v) is 6.93. The Morgan fingerprint density at radius 1 is 1.17 bits per heavy atom. The quantitative estimate of drug-likeness (QED) is 0.655. The number of benzene rings is 2. The molecule has 1 aliphatic heterocycles. The van der Waals surface area contributed by atoms with E-state index in [0.717, 1.165) is 25.8 Å². The molecule has 0 aliphatic carbocycles. The van der Waals surface area contributed by atoms with Crippen molar-refractivity contribution in [1.29, 1.82) is 0 Å². The molecule has 2 aromatic rings. The van der Waals surface area contributed by atoms with Crippen LogP contribution >= 0.6 is 31.9 Å². The molecule has 0 saturated heterocycles. The van der Waals surface area contributed by atoms with E-state index in [9.17, 15) is 4.79 Å². The number of carbonyl (C=O) groups is 1. The van der Waals surface area contributed by atoms with Gasteiger partial charge < -0.3 is 14.8 Å². The van der Waals surface area contributed by atoms with Crippen molar-refractivity contribution >= 4 is 55.1 Å². The molecule has 6 heteroatoms. The normalized spacial score (nSPS) is 14.5. The van der Waals surface area contributed by atoms with Gasteiger partial charge in [-0.05, 0) is 48.9 Å². The number of amides is 1. The topological polar surface area (TPSA) is 47.6 Å². The van der Waals surface area contributed by atoms with Crippen molar-refractivity contribution in [1.82, 2.24) is 0 Å². The molecule has 0 atom stereocenters. The van der Waals surface area contributed by atoms with Gasteiger partial charge in [0.25, 0.3) is 5.91 Å². The van der Waals surface area contributed by atoms with Crippen LogP contribution in [0.4, 0.5) is 5.69 Å². The first-order chi connectivity index (χ1) is 11.5. The summed E-state index contributed by atoms with van der Waals surface area (Å²) in [6, 6.07) is 9.42.